The molecule has 0 radical (unpaired) electrons. The lowest BCUT2D eigenvalue weighted by atomic mass is 10.7. The van der Waals surface area contributed by atoms with Crippen LogP contribution in [0.3, 0.4) is 0 Å². The SMILES string of the molecule is C[NH+]=C1NCCO1. The minimum Gasteiger partial charge on any atom is -0.428 e. The second kappa shape index (κ2) is 1.82. The molecule has 1 fully saturated rings. The standard InChI is InChI=1S/C4H8N2O/c1-5-4-6-2-3-7-4/h2-3H2,1H3,(H,5,6)/p+1. The summed E-state index contributed by atoms with van der Waals surface area (Å²) in [7, 11) is 1.83. The molecule has 2 N–H and O–H groups in total. The first-order valence-electron chi connectivity index (χ1n) is 2.35. The molecule has 3 heteroatoms. The summed E-state index contributed by atoms with van der Waals surface area (Å²) in [4.78, 5) is 2.85. The largest absolute Gasteiger partial charge is 0.441 e. The lowest BCUT2D eigenvalue weighted by Crippen LogP contribution is -2.70. The van der Waals surface area contributed by atoms with Crippen LogP contribution in [0.4, 0.5) is 0 Å². The van der Waals surface area contributed by atoms with Gasteiger partial charge in [0, 0.05) is 0 Å². The van der Waals surface area contributed by atoms with Crippen molar-refractivity contribution in [3.63, 3.8) is 0 Å². The molecule has 0 atom stereocenters. The third kappa shape index (κ3) is 0.824. The third-order valence-electron chi connectivity index (χ3n) is 0.861. The summed E-state index contributed by atoms with van der Waals surface area (Å²) >= 11 is 0. The fraction of sp³-hybridized carbons (Fsp3) is 0.750. The molecule has 7 heavy (non-hydrogen) atoms. The lowest BCUT2D eigenvalue weighted by Gasteiger charge is -1.82. The van der Waals surface area contributed by atoms with E-state index in [0.717, 1.165) is 19.2 Å². The summed E-state index contributed by atoms with van der Waals surface area (Å²) in [6.45, 7) is 1.71. The van der Waals surface area contributed by atoms with Gasteiger partial charge >= 0.3 is 6.02 Å². The highest BCUT2D eigenvalue weighted by Crippen LogP contribution is 1.77. The van der Waals surface area contributed by atoms with Crippen LogP contribution in [0.15, 0.2) is 0 Å². The van der Waals surface area contributed by atoms with E-state index in [-0.39, 0.29) is 0 Å². The minimum absolute atomic E-state index is 0.788. The Kier molecular flexibility index (Phi) is 1.15. The fourth-order valence-electron chi connectivity index (χ4n) is 0.529. The van der Waals surface area contributed by atoms with Crippen molar-refractivity contribution >= 4 is 6.02 Å². The van der Waals surface area contributed by atoms with Gasteiger partial charge in [0.25, 0.3) is 0 Å². The van der Waals surface area contributed by atoms with Gasteiger partial charge in [-0.2, -0.15) is 0 Å². The predicted molar refractivity (Wildman–Crippen MR) is 25.8 cm³/mol. The van der Waals surface area contributed by atoms with E-state index in [9.17, 15) is 0 Å². The van der Waals surface area contributed by atoms with Crippen LogP contribution in [0.1, 0.15) is 0 Å². The second-order valence-electron chi connectivity index (χ2n) is 1.35. The van der Waals surface area contributed by atoms with Crippen molar-refractivity contribution in [2.75, 3.05) is 20.2 Å². The zero-order valence-corrected chi connectivity index (χ0v) is 4.32. The van der Waals surface area contributed by atoms with E-state index < -0.39 is 0 Å². The van der Waals surface area contributed by atoms with Crippen molar-refractivity contribution in [1.29, 1.82) is 0 Å². The maximum Gasteiger partial charge on any atom is 0.441 e. The third-order valence-corrected chi connectivity index (χ3v) is 0.861. The monoisotopic (exact) mass is 101 g/mol. The molecular weight excluding hydrogens is 92.1 g/mol. The van der Waals surface area contributed by atoms with E-state index in [1.165, 1.54) is 0 Å². The quantitative estimate of drug-likeness (QED) is 0.359. The molecule has 0 spiro atoms. The van der Waals surface area contributed by atoms with Crippen LogP contribution in [0.25, 0.3) is 0 Å². The summed E-state index contributed by atoms with van der Waals surface area (Å²) in [5, 5.41) is 2.99. The van der Waals surface area contributed by atoms with Gasteiger partial charge in [-0.25, -0.2) is 10.3 Å². The van der Waals surface area contributed by atoms with Crippen LogP contribution in [0.5, 0.6) is 0 Å². The Morgan fingerprint density at radius 3 is 3.00 bits per heavy atom. The molecular formula is C4H9N2O+. The number of amidine groups is 1. The molecule has 40 valence electrons. The van der Waals surface area contributed by atoms with Crippen molar-refractivity contribution in [3.05, 3.63) is 0 Å². The lowest BCUT2D eigenvalue weighted by molar-refractivity contribution is -0.432. The van der Waals surface area contributed by atoms with Gasteiger partial charge in [-0.3, -0.25) is 0 Å². The van der Waals surface area contributed by atoms with Crippen LogP contribution in [-0.2, 0) is 4.74 Å². The average molecular weight is 101 g/mol. The van der Waals surface area contributed by atoms with Crippen LogP contribution in [-0.4, -0.2) is 26.2 Å². The Hall–Kier alpha value is -0.730. The van der Waals surface area contributed by atoms with E-state index in [4.69, 9.17) is 4.74 Å². The molecule has 1 heterocycles. The first kappa shape index (κ1) is 4.43. The summed E-state index contributed by atoms with van der Waals surface area (Å²) < 4.78 is 5.00. The Bertz CT molecular complexity index is 81.7. The summed E-state index contributed by atoms with van der Waals surface area (Å²) in [6, 6.07) is 0.792. The first-order valence-corrected chi connectivity index (χ1v) is 2.35. The Labute approximate surface area is 42.4 Å². The first-order chi connectivity index (χ1) is 3.43. The van der Waals surface area contributed by atoms with Gasteiger partial charge in [-0.05, 0) is 0 Å². The van der Waals surface area contributed by atoms with E-state index in [0.29, 0.717) is 0 Å². The molecule has 3 nitrogen and oxygen atoms in total. The smallest absolute Gasteiger partial charge is 0.428 e. The molecule has 0 amide bonds. The van der Waals surface area contributed by atoms with E-state index in [2.05, 4.69) is 10.3 Å². The van der Waals surface area contributed by atoms with Crippen molar-refractivity contribution < 1.29 is 9.73 Å². The van der Waals surface area contributed by atoms with Crippen molar-refractivity contribution in [2.24, 2.45) is 0 Å². The maximum atomic E-state index is 5.00. The van der Waals surface area contributed by atoms with Crippen LogP contribution in [0.2, 0.25) is 0 Å². The predicted octanol–water partition coefficient (Wildman–Crippen LogP) is -2.33. The molecule has 0 aromatic heterocycles. The maximum absolute atomic E-state index is 5.00. The number of hydrogen-bond donors (Lipinski definition) is 2. The van der Waals surface area contributed by atoms with Crippen molar-refractivity contribution in [2.45, 2.75) is 0 Å². The van der Waals surface area contributed by atoms with Gasteiger partial charge in [0.2, 0.25) is 0 Å². The van der Waals surface area contributed by atoms with E-state index in [1.54, 1.807) is 0 Å². The number of nitrogens with one attached hydrogen (secondary N) is 2. The van der Waals surface area contributed by atoms with Crippen molar-refractivity contribution in [3.8, 4) is 0 Å². The second-order valence-corrected chi connectivity index (χ2v) is 1.35. The molecule has 0 saturated carbocycles. The van der Waals surface area contributed by atoms with Gasteiger partial charge in [-0.1, -0.05) is 0 Å². The molecule has 0 aromatic rings. The highest BCUT2D eigenvalue weighted by Gasteiger charge is 2.12. The van der Waals surface area contributed by atoms with E-state index in [1.807, 2.05) is 7.05 Å². The number of hydrogen-bond acceptors (Lipinski definition) is 1. The molecule has 1 rings (SSSR count). The highest BCUT2D eigenvalue weighted by atomic mass is 16.5. The molecule has 0 unspecified atom stereocenters. The van der Waals surface area contributed by atoms with Gasteiger partial charge in [0.05, 0.1) is 7.05 Å². The average Bonchev–Trinajstić information content (AvgIpc) is 2.14. The fourth-order valence-corrected chi connectivity index (χ4v) is 0.529. The summed E-state index contributed by atoms with van der Waals surface area (Å²) in [5.41, 5.74) is 0. The van der Waals surface area contributed by atoms with Crippen LogP contribution in [0, 0.1) is 0 Å². The molecule has 1 aliphatic rings. The summed E-state index contributed by atoms with van der Waals surface area (Å²) in [5.74, 6) is 0. The van der Waals surface area contributed by atoms with Crippen LogP contribution >= 0.6 is 0 Å². The summed E-state index contributed by atoms with van der Waals surface area (Å²) in [6.07, 6.45) is 0. The van der Waals surface area contributed by atoms with Gasteiger partial charge in [-0.15, -0.1) is 0 Å². The normalized spacial score (nSPS) is 24.4. The van der Waals surface area contributed by atoms with Gasteiger partial charge in [0.1, 0.15) is 13.2 Å². The van der Waals surface area contributed by atoms with Crippen molar-refractivity contribution in [1.82, 2.24) is 5.32 Å². The molecule has 1 aliphatic heterocycles. The Morgan fingerprint density at radius 1 is 1.86 bits per heavy atom. The Morgan fingerprint density at radius 2 is 2.71 bits per heavy atom. The van der Waals surface area contributed by atoms with E-state index >= 15 is 0 Å². The highest BCUT2D eigenvalue weighted by molar-refractivity contribution is 5.68. The van der Waals surface area contributed by atoms with Gasteiger partial charge in [0.15, 0.2) is 0 Å². The zero-order chi connectivity index (χ0) is 5.11. The van der Waals surface area contributed by atoms with Gasteiger partial charge < -0.3 is 4.74 Å². The molecule has 1 saturated heterocycles. The molecule has 0 aliphatic carbocycles. The molecule has 0 bridgehead atoms. The minimum atomic E-state index is 0.788. The zero-order valence-electron chi connectivity index (χ0n) is 4.32. The Balaban J connectivity index is 2.41. The number of ether oxygens (including phenoxy) is 1. The molecule has 0 aromatic carbocycles. The topological polar surface area (TPSA) is 35.2 Å². The van der Waals surface area contributed by atoms with Crippen LogP contribution < -0.4 is 10.3 Å². The number of rotatable bonds is 0.